The minimum absolute atomic E-state index is 0.140. The Bertz CT molecular complexity index is 365. The highest BCUT2D eigenvalue weighted by Gasteiger charge is 2.36. The fourth-order valence-corrected chi connectivity index (χ4v) is 2.90. The number of carbonyl (C=O) groups is 2. The summed E-state index contributed by atoms with van der Waals surface area (Å²) in [6, 6.07) is 0. The van der Waals surface area contributed by atoms with Crippen LogP contribution in [0.4, 0.5) is 0 Å². The molecule has 0 spiro atoms. The number of piperidine rings is 3. The SMILES string of the molecule is O=C1CC(=C2CN3CCC2CC3)C(=O)N1. The van der Waals surface area contributed by atoms with Crippen molar-refractivity contribution in [2.24, 2.45) is 5.92 Å². The third-order valence-electron chi connectivity index (χ3n) is 3.73. The monoisotopic (exact) mass is 206 g/mol. The Morgan fingerprint density at radius 2 is 1.93 bits per heavy atom. The second kappa shape index (κ2) is 3.17. The van der Waals surface area contributed by atoms with Crippen molar-refractivity contribution in [1.82, 2.24) is 10.2 Å². The molecule has 4 heteroatoms. The molecule has 15 heavy (non-hydrogen) atoms. The summed E-state index contributed by atoms with van der Waals surface area (Å²) in [4.78, 5) is 25.1. The van der Waals surface area contributed by atoms with Crippen LogP contribution in [0, 0.1) is 5.92 Å². The van der Waals surface area contributed by atoms with Gasteiger partial charge < -0.3 is 0 Å². The Morgan fingerprint density at radius 3 is 2.40 bits per heavy atom. The number of hydrogen-bond donors (Lipinski definition) is 1. The lowest BCUT2D eigenvalue weighted by molar-refractivity contribution is -0.124. The van der Waals surface area contributed by atoms with Gasteiger partial charge in [-0.3, -0.25) is 19.8 Å². The van der Waals surface area contributed by atoms with Gasteiger partial charge in [-0.1, -0.05) is 0 Å². The van der Waals surface area contributed by atoms with E-state index in [1.54, 1.807) is 0 Å². The molecular formula is C11H14N2O2. The van der Waals surface area contributed by atoms with Gasteiger partial charge in [-0.15, -0.1) is 0 Å². The first-order chi connectivity index (χ1) is 7.24. The minimum Gasteiger partial charge on any atom is -0.299 e. The third-order valence-corrected chi connectivity index (χ3v) is 3.73. The van der Waals surface area contributed by atoms with Crippen LogP contribution in [-0.2, 0) is 9.59 Å². The zero-order valence-electron chi connectivity index (χ0n) is 8.58. The van der Waals surface area contributed by atoms with Gasteiger partial charge in [0.05, 0.1) is 6.42 Å². The Morgan fingerprint density at radius 1 is 1.20 bits per heavy atom. The van der Waals surface area contributed by atoms with Gasteiger partial charge >= 0.3 is 0 Å². The minimum atomic E-state index is -0.149. The summed E-state index contributed by atoms with van der Waals surface area (Å²) in [6.07, 6.45) is 2.61. The smallest absolute Gasteiger partial charge is 0.254 e. The summed E-state index contributed by atoms with van der Waals surface area (Å²) in [5.41, 5.74) is 1.99. The number of carbonyl (C=O) groups excluding carboxylic acids is 2. The fraction of sp³-hybridized carbons (Fsp3) is 0.636. The standard InChI is InChI=1S/C11H14N2O2/c14-10-5-8(11(15)12-10)9-6-13-3-1-7(9)2-4-13/h7H,1-6H2,(H,12,14,15). The molecule has 4 fully saturated rings. The quantitative estimate of drug-likeness (QED) is 0.450. The first-order valence-corrected chi connectivity index (χ1v) is 5.52. The number of fused-ring (bicyclic) bond motifs is 3. The van der Waals surface area contributed by atoms with Crippen LogP contribution in [0.5, 0.6) is 0 Å². The van der Waals surface area contributed by atoms with Crippen LogP contribution >= 0.6 is 0 Å². The second-order valence-electron chi connectivity index (χ2n) is 4.61. The average Bonchev–Trinajstić information content (AvgIpc) is 2.59. The number of imide groups is 1. The molecule has 1 N–H and O–H groups in total. The fourth-order valence-electron chi connectivity index (χ4n) is 2.90. The van der Waals surface area contributed by atoms with Crippen LogP contribution in [-0.4, -0.2) is 36.3 Å². The molecule has 0 atom stereocenters. The van der Waals surface area contributed by atoms with Gasteiger partial charge in [-0.25, -0.2) is 0 Å². The van der Waals surface area contributed by atoms with E-state index < -0.39 is 0 Å². The van der Waals surface area contributed by atoms with E-state index in [1.807, 2.05) is 0 Å². The van der Waals surface area contributed by atoms with Crippen molar-refractivity contribution in [2.75, 3.05) is 19.6 Å². The van der Waals surface area contributed by atoms with E-state index in [-0.39, 0.29) is 11.8 Å². The first kappa shape index (κ1) is 9.09. The maximum Gasteiger partial charge on any atom is 0.254 e. The zero-order valence-corrected chi connectivity index (χ0v) is 8.58. The van der Waals surface area contributed by atoms with Gasteiger partial charge in [-0.05, 0) is 37.4 Å². The molecule has 80 valence electrons. The predicted octanol–water partition coefficient (Wildman–Crippen LogP) is 0.0551. The molecule has 0 aromatic rings. The molecule has 2 bridgehead atoms. The van der Waals surface area contributed by atoms with Gasteiger partial charge in [0.1, 0.15) is 0 Å². The predicted molar refractivity (Wildman–Crippen MR) is 54.0 cm³/mol. The molecular weight excluding hydrogens is 192 g/mol. The van der Waals surface area contributed by atoms with Gasteiger partial charge in [0, 0.05) is 12.1 Å². The average molecular weight is 206 g/mol. The maximum absolute atomic E-state index is 11.6. The molecule has 0 aromatic heterocycles. The van der Waals surface area contributed by atoms with Crippen molar-refractivity contribution >= 4 is 11.8 Å². The zero-order chi connectivity index (χ0) is 10.4. The topological polar surface area (TPSA) is 49.4 Å². The molecule has 4 aliphatic rings. The van der Waals surface area contributed by atoms with Crippen LogP contribution in [0.25, 0.3) is 0 Å². The molecule has 4 aliphatic heterocycles. The highest BCUT2D eigenvalue weighted by atomic mass is 16.2. The Kier molecular flexibility index (Phi) is 1.92. The van der Waals surface area contributed by atoms with Crippen LogP contribution < -0.4 is 5.32 Å². The number of hydrogen-bond acceptors (Lipinski definition) is 3. The summed E-state index contributed by atoms with van der Waals surface area (Å²) >= 11 is 0. The highest BCUT2D eigenvalue weighted by Crippen LogP contribution is 2.35. The molecule has 4 nitrogen and oxygen atoms in total. The first-order valence-electron chi connectivity index (χ1n) is 5.52. The van der Waals surface area contributed by atoms with Gasteiger partial charge in [0.15, 0.2) is 0 Å². The van der Waals surface area contributed by atoms with E-state index in [1.165, 1.54) is 5.57 Å². The molecule has 0 unspecified atom stereocenters. The molecule has 4 rings (SSSR count). The van der Waals surface area contributed by atoms with Crippen LogP contribution in [0.2, 0.25) is 0 Å². The second-order valence-corrected chi connectivity index (χ2v) is 4.61. The Hall–Kier alpha value is -1.16. The molecule has 2 amide bonds. The highest BCUT2D eigenvalue weighted by molar-refractivity contribution is 6.13. The van der Waals surface area contributed by atoms with E-state index in [0.29, 0.717) is 12.3 Å². The third kappa shape index (κ3) is 1.40. The molecule has 0 aromatic carbocycles. The van der Waals surface area contributed by atoms with Crippen molar-refractivity contribution in [1.29, 1.82) is 0 Å². The molecule has 0 aliphatic carbocycles. The van der Waals surface area contributed by atoms with Crippen molar-refractivity contribution in [3.8, 4) is 0 Å². The number of nitrogens with zero attached hydrogens (tertiary/aromatic N) is 1. The summed E-state index contributed by atoms with van der Waals surface area (Å²) in [5.74, 6) is 0.268. The summed E-state index contributed by atoms with van der Waals surface area (Å²) < 4.78 is 0. The van der Waals surface area contributed by atoms with E-state index in [0.717, 1.165) is 38.0 Å². The number of rotatable bonds is 0. The lowest BCUT2D eigenvalue weighted by Gasteiger charge is -2.41. The molecule has 0 radical (unpaired) electrons. The van der Waals surface area contributed by atoms with Gasteiger partial charge in [0.25, 0.3) is 5.91 Å². The van der Waals surface area contributed by atoms with Crippen molar-refractivity contribution < 1.29 is 9.59 Å². The summed E-state index contributed by atoms with van der Waals surface area (Å²) in [6.45, 7) is 3.20. The van der Waals surface area contributed by atoms with Crippen LogP contribution in [0.1, 0.15) is 19.3 Å². The molecule has 4 saturated heterocycles. The number of nitrogens with one attached hydrogen (secondary N) is 1. The Labute approximate surface area is 88.3 Å². The summed E-state index contributed by atoms with van der Waals surface area (Å²) in [7, 11) is 0. The molecule has 4 heterocycles. The van der Waals surface area contributed by atoms with Gasteiger partial charge in [0.2, 0.25) is 5.91 Å². The lowest BCUT2D eigenvalue weighted by Crippen LogP contribution is -2.43. The normalized spacial score (nSPS) is 39.7. The van der Waals surface area contributed by atoms with Crippen LogP contribution in [0.3, 0.4) is 0 Å². The van der Waals surface area contributed by atoms with Crippen molar-refractivity contribution in [2.45, 2.75) is 19.3 Å². The maximum atomic E-state index is 11.6. The van der Waals surface area contributed by atoms with Crippen molar-refractivity contribution in [3.05, 3.63) is 11.1 Å². The van der Waals surface area contributed by atoms with E-state index in [2.05, 4.69) is 10.2 Å². The van der Waals surface area contributed by atoms with E-state index in [9.17, 15) is 9.59 Å². The Balaban J connectivity index is 1.95. The van der Waals surface area contributed by atoms with E-state index >= 15 is 0 Å². The van der Waals surface area contributed by atoms with Crippen LogP contribution in [0.15, 0.2) is 11.1 Å². The van der Waals surface area contributed by atoms with Crippen molar-refractivity contribution in [3.63, 3.8) is 0 Å². The summed E-state index contributed by atoms with van der Waals surface area (Å²) in [5, 5.41) is 2.37. The lowest BCUT2D eigenvalue weighted by atomic mass is 9.81. The number of amides is 2. The van der Waals surface area contributed by atoms with E-state index in [4.69, 9.17) is 0 Å². The van der Waals surface area contributed by atoms with Gasteiger partial charge in [-0.2, -0.15) is 0 Å². The largest absolute Gasteiger partial charge is 0.299 e. The molecule has 0 saturated carbocycles.